The monoisotopic (exact) mass is 419 g/mol. The maximum absolute atomic E-state index is 13.3. The number of hydrogen-bond donors (Lipinski definition) is 0. The normalized spacial score (nSPS) is 23.9. The number of sulfonamides is 1. The summed E-state index contributed by atoms with van der Waals surface area (Å²) in [6, 6.07) is 6.12. The topological polar surface area (TPSA) is 78.2 Å². The molecule has 2 aliphatic heterocycles. The van der Waals surface area contributed by atoms with E-state index in [1.807, 2.05) is 47.8 Å². The van der Waals surface area contributed by atoms with E-state index in [9.17, 15) is 13.2 Å². The highest BCUT2D eigenvalue weighted by Crippen LogP contribution is 2.30. The van der Waals surface area contributed by atoms with Crippen LogP contribution < -0.4 is 0 Å². The molecule has 0 aromatic carbocycles. The van der Waals surface area contributed by atoms with Gasteiger partial charge in [0.05, 0.1) is 11.8 Å². The number of imidazole rings is 1. The third kappa shape index (κ3) is 3.91. The zero-order valence-corrected chi connectivity index (χ0v) is 18.1. The van der Waals surface area contributed by atoms with Gasteiger partial charge in [-0.2, -0.15) is 0 Å². The Balaban J connectivity index is 1.66. The Hall–Kier alpha value is -1.97. The van der Waals surface area contributed by atoms with Gasteiger partial charge in [-0.3, -0.25) is 4.79 Å². The van der Waals surface area contributed by atoms with Crippen LogP contribution in [-0.4, -0.2) is 90.4 Å². The number of carbonyl (C=O) groups is 1. The fraction of sp³-hybridized carbons (Fsp3) is 0.600. The first-order valence-electron chi connectivity index (χ1n) is 10.1. The van der Waals surface area contributed by atoms with Crippen molar-refractivity contribution in [1.82, 2.24) is 23.5 Å². The molecule has 4 heterocycles. The second-order valence-electron chi connectivity index (χ2n) is 8.39. The highest BCUT2D eigenvalue weighted by atomic mass is 32.2. The Morgan fingerprint density at radius 3 is 2.66 bits per heavy atom. The lowest BCUT2D eigenvalue weighted by atomic mass is 9.99. The zero-order valence-electron chi connectivity index (χ0n) is 17.3. The fourth-order valence-corrected chi connectivity index (χ4v) is 5.37. The summed E-state index contributed by atoms with van der Waals surface area (Å²) < 4.78 is 27.6. The Kier molecular flexibility index (Phi) is 5.39. The molecule has 0 aliphatic carbocycles. The number of pyridine rings is 1. The molecule has 2 saturated heterocycles. The molecule has 0 bridgehead atoms. The van der Waals surface area contributed by atoms with E-state index in [1.54, 1.807) is 0 Å². The van der Waals surface area contributed by atoms with E-state index in [1.165, 1.54) is 10.6 Å². The van der Waals surface area contributed by atoms with Gasteiger partial charge in [0.1, 0.15) is 5.82 Å². The van der Waals surface area contributed by atoms with E-state index < -0.39 is 10.0 Å². The highest BCUT2D eigenvalue weighted by Gasteiger charge is 2.33. The van der Waals surface area contributed by atoms with Gasteiger partial charge in [-0.25, -0.2) is 17.7 Å². The molecule has 8 nitrogen and oxygen atoms in total. The third-order valence-corrected chi connectivity index (χ3v) is 7.45. The van der Waals surface area contributed by atoms with Gasteiger partial charge >= 0.3 is 0 Å². The number of nitrogens with zero attached hydrogens (tertiary/aromatic N) is 5. The van der Waals surface area contributed by atoms with E-state index in [4.69, 9.17) is 4.98 Å². The number of hydrogen-bond acceptors (Lipinski definition) is 5. The Morgan fingerprint density at radius 1 is 1.17 bits per heavy atom. The molecular weight excluding hydrogens is 390 g/mol. The average Bonchev–Trinajstić information content (AvgIpc) is 3.33. The van der Waals surface area contributed by atoms with E-state index in [-0.39, 0.29) is 11.8 Å². The molecule has 1 amide bonds. The van der Waals surface area contributed by atoms with Gasteiger partial charge in [-0.15, -0.1) is 0 Å². The molecule has 2 atom stereocenters. The van der Waals surface area contributed by atoms with Crippen molar-refractivity contribution in [3.8, 4) is 0 Å². The van der Waals surface area contributed by atoms with Crippen LogP contribution in [0, 0.1) is 0 Å². The first kappa shape index (κ1) is 20.3. The molecule has 0 saturated carbocycles. The standard InChI is InChI=1S/C20H29N5O3S/c1-22(2)16-9-12-23(14-16)20(26)18-17-8-4-5-11-25(17)19(21-18)15-7-6-10-24(13-15)29(3,27)28/h4-5,8,11,15-16H,6-7,9-10,12-14H2,1-3H3. The van der Waals surface area contributed by atoms with Crippen LogP contribution in [0.4, 0.5) is 0 Å². The number of likely N-dealkylation sites (N-methyl/N-ethyl adjacent to an activating group) is 1. The molecule has 2 aliphatic rings. The molecule has 0 spiro atoms. The number of fused-ring (bicyclic) bond motifs is 1. The van der Waals surface area contributed by atoms with Gasteiger partial charge in [0, 0.05) is 44.3 Å². The lowest BCUT2D eigenvalue weighted by Crippen LogP contribution is -2.38. The van der Waals surface area contributed by atoms with Crippen LogP contribution in [0.2, 0.25) is 0 Å². The third-order valence-electron chi connectivity index (χ3n) is 6.18. The summed E-state index contributed by atoms with van der Waals surface area (Å²) in [5.41, 5.74) is 1.26. The molecule has 29 heavy (non-hydrogen) atoms. The van der Waals surface area contributed by atoms with Gasteiger partial charge in [0.2, 0.25) is 10.0 Å². The van der Waals surface area contributed by atoms with Crippen LogP contribution in [0.25, 0.3) is 5.52 Å². The number of likely N-dealkylation sites (tertiary alicyclic amines) is 1. The summed E-state index contributed by atoms with van der Waals surface area (Å²) in [5, 5.41) is 0. The van der Waals surface area contributed by atoms with Gasteiger partial charge in [-0.05, 0) is 45.5 Å². The number of carbonyl (C=O) groups excluding carboxylic acids is 1. The molecule has 2 aromatic heterocycles. The number of piperidine rings is 1. The lowest BCUT2D eigenvalue weighted by Gasteiger charge is -2.30. The van der Waals surface area contributed by atoms with Crippen LogP contribution in [0.1, 0.15) is 41.5 Å². The second-order valence-corrected chi connectivity index (χ2v) is 10.4. The first-order chi connectivity index (χ1) is 13.8. The van der Waals surface area contributed by atoms with Gasteiger partial charge in [0.25, 0.3) is 5.91 Å². The van der Waals surface area contributed by atoms with Crippen molar-refractivity contribution in [3.05, 3.63) is 35.9 Å². The summed E-state index contributed by atoms with van der Waals surface area (Å²) in [6.45, 7) is 2.39. The molecule has 0 radical (unpaired) electrons. The minimum atomic E-state index is -3.24. The van der Waals surface area contributed by atoms with Crippen molar-refractivity contribution < 1.29 is 13.2 Å². The van der Waals surface area contributed by atoms with E-state index in [2.05, 4.69) is 4.90 Å². The molecule has 2 fully saturated rings. The van der Waals surface area contributed by atoms with Crippen LogP contribution >= 0.6 is 0 Å². The summed E-state index contributed by atoms with van der Waals surface area (Å²) in [6.07, 6.45) is 5.78. The van der Waals surface area contributed by atoms with E-state index in [0.29, 0.717) is 31.4 Å². The molecule has 2 unspecified atom stereocenters. The van der Waals surface area contributed by atoms with Gasteiger partial charge in [0.15, 0.2) is 5.69 Å². The molecule has 158 valence electrons. The smallest absolute Gasteiger partial charge is 0.274 e. The number of aromatic nitrogens is 2. The van der Waals surface area contributed by atoms with Crippen LogP contribution in [0.5, 0.6) is 0 Å². The van der Waals surface area contributed by atoms with E-state index >= 15 is 0 Å². The summed E-state index contributed by atoms with van der Waals surface area (Å²) >= 11 is 0. The highest BCUT2D eigenvalue weighted by molar-refractivity contribution is 7.88. The van der Waals surface area contributed by atoms with E-state index in [0.717, 1.165) is 37.1 Å². The van der Waals surface area contributed by atoms with Crippen molar-refractivity contribution in [2.75, 3.05) is 46.5 Å². The maximum Gasteiger partial charge on any atom is 0.274 e. The van der Waals surface area contributed by atoms with Crippen LogP contribution in [0.15, 0.2) is 24.4 Å². The molecule has 2 aromatic rings. The Morgan fingerprint density at radius 2 is 1.97 bits per heavy atom. The predicted molar refractivity (Wildman–Crippen MR) is 112 cm³/mol. The van der Waals surface area contributed by atoms with Crippen molar-refractivity contribution in [3.63, 3.8) is 0 Å². The second kappa shape index (κ2) is 7.70. The van der Waals surface area contributed by atoms with Crippen LogP contribution in [-0.2, 0) is 10.0 Å². The predicted octanol–water partition coefficient (Wildman–Crippen LogP) is 1.25. The average molecular weight is 420 g/mol. The minimum absolute atomic E-state index is 0.0250. The summed E-state index contributed by atoms with van der Waals surface area (Å²) in [7, 11) is 0.842. The molecule has 9 heteroatoms. The maximum atomic E-state index is 13.3. The SMILES string of the molecule is CN(C)C1CCN(C(=O)c2nc(C3CCCN(S(C)(=O)=O)C3)n3ccccc23)C1. The quantitative estimate of drug-likeness (QED) is 0.745. The van der Waals surface area contributed by atoms with Crippen molar-refractivity contribution >= 4 is 21.4 Å². The van der Waals surface area contributed by atoms with Crippen molar-refractivity contribution in [2.24, 2.45) is 0 Å². The Labute approximate surface area is 172 Å². The number of rotatable bonds is 4. The largest absolute Gasteiger partial charge is 0.336 e. The molecule has 4 rings (SSSR count). The first-order valence-corrected chi connectivity index (χ1v) is 12.0. The molecule has 0 N–H and O–H groups in total. The number of amides is 1. The zero-order chi connectivity index (χ0) is 20.8. The van der Waals surface area contributed by atoms with Gasteiger partial charge in [-0.1, -0.05) is 6.07 Å². The summed E-state index contributed by atoms with van der Waals surface area (Å²) in [4.78, 5) is 22.1. The Bertz CT molecular complexity index is 1020. The lowest BCUT2D eigenvalue weighted by molar-refractivity contribution is 0.0779. The van der Waals surface area contributed by atoms with Crippen molar-refractivity contribution in [2.45, 2.75) is 31.2 Å². The van der Waals surface area contributed by atoms with Crippen LogP contribution in [0.3, 0.4) is 0 Å². The van der Waals surface area contributed by atoms with Crippen molar-refractivity contribution in [1.29, 1.82) is 0 Å². The minimum Gasteiger partial charge on any atom is -0.336 e. The fourth-order valence-electron chi connectivity index (χ4n) is 4.46. The molecular formula is C20H29N5O3S. The summed E-state index contributed by atoms with van der Waals surface area (Å²) in [5.74, 6) is 0.712. The van der Waals surface area contributed by atoms with Gasteiger partial charge < -0.3 is 14.2 Å².